The van der Waals surface area contributed by atoms with E-state index < -0.39 is 0 Å². The third-order valence-electron chi connectivity index (χ3n) is 6.54. The molecule has 1 aromatic heterocycles. The molecule has 1 aromatic carbocycles. The molecular weight excluding hydrogens is 378 g/mol. The van der Waals surface area contributed by atoms with Gasteiger partial charge >= 0.3 is 0 Å². The van der Waals surface area contributed by atoms with Crippen molar-refractivity contribution >= 4 is 28.2 Å². The van der Waals surface area contributed by atoms with Crippen molar-refractivity contribution in [2.75, 3.05) is 18.4 Å². The first kappa shape index (κ1) is 20.7. The highest BCUT2D eigenvalue weighted by atomic mass is 35.5. The van der Waals surface area contributed by atoms with Crippen molar-refractivity contribution in [3.05, 3.63) is 46.1 Å². The summed E-state index contributed by atoms with van der Waals surface area (Å²) < 4.78 is 0. The lowest BCUT2D eigenvalue weighted by atomic mass is 9.71. The fraction of sp³-hybridized carbons (Fsp3) is 0.560. The summed E-state index contributed by atoms with van der Waals surface area (Å²) in [5, 5.41) is 5.82. The first-order chi connectivity index (χ1) is 14.2. The summed E-state index contributed by atoms with van der Waals surface area (Å²) in [4.78, 5) is 5.07. The van der Waals surface area contributed by atoms with Gasteiger partial charge in [-0.25, -0.2) is 0 Å². The highest BCUT2D eigenvalue weighted by molar-refractivity contribution is 6.31. The SMILES string of the molecule is CC1=CC2Cc3nc4cc(Cl)ccc4c(NCCCCCCCCN)c3C(C1)C2. The van der Waals surface area contributed by atoms with Crippen molar-refractivity contribution in [3.63, 3.8) is 0 Å². The Kier molecular flexibility index (Phi) is 6.77. The summed E-state index contributed by atoms with van der Waals surface area (Å²) in [6, 6.07) is 6.17. The number of nitrogens with one attached hydrogen (secondary N) is 1. The quantitative estimate of drug-likeness (QED) is 0.361. The lowest BCUT2D eigenvalue weighted by Crippen LogP contribution is -2.24. The molecule has 0 amide bonds. The molecule has 3 nitrogen and oxygen atoms in total. The summed E-state index contributed by atoms with van der Waals surface area (Å²) in [7, 11) is 0. The molecule has 2 bridgehead atoms. The van der Waals surface area contributed by atoms with E-state index in [0.717, 1.165) is 36.5 Å². The minimum Gasteiger partial charge on any atom is -0.384 e. The second-order valence-corrected chi connectivity index (χ2v) is 9.40. The standard InChI is InChI=1S/C25H34ClN3/c1-17-12-18-14-19(13-17)24-23(15-18)29-22-16-20(26)8-9-21(22)25(24)28-11-7-5-3-2-4-6-10-27/h8-9,12,16,18-19H,2-7,10-11,13-15,27H2,1H3,(H,28,29). The lowest BCUT2D eigenvalue weighted by Gasteiger charge is -2.36. The van der Waals surface area contributed by atoms with Crippen LogP contribution in [0.25, 0.3) is 10.9 Å². The van der Waals surface area contributed by atoms with Crippen LogP contribution < -0.4 is 11.1 Å². The molecule has 0 radical (unpaired) electrons. The average Bonchev–Trinajstić information content (AvgIpc) is 2.68. The maximum absolute atomic E-state index is 6.29. The van der Waals surface area contributed by atoms with Gasteiger partial charge in [-0.1, -0.05) is 48.9 Å². The Morgan fingerprint density at radius 1 is 1.10 bits per heavy atom. The van der Waals surface area contributed by atoms with Crippen molar-refractivity contribution in [2.24, 2.45) is 11.7 Å². The van der Waals surface area contributed by atoms with Gasteiger partial charge in [0.1, 0.15) is 0 Å². The van der Waals surface area contributed by atoms with E-state index >= 15 is 0 Å². The van der Waals surface area contributed by atoms with E-state index in [9.17, 15) is 0 Å². The topological polar surface area (TPSA) is 50.9 Å². The molecule has 2 aliphatic carbocycles. The van der Waals surface area contributed by atoms with Gasteiger partial charge in [-0.2, -0.15) is 0 Å². The molecule has 2 atom stereocenters. The number of nitrogens with zero attached hydrogens (tertiary/aromatic N) is 1. The molecule has 156 valence electrons. The van der Waals surface area contributed by atoms with Crippen LogP contribution in [0.15, 0.2) is 29.8 Å². The molecule has 4 rings (SSSR count). The fourth-order valence-corrected chi connectivity index (χ4v) is 5.43. The highest BCUT2D eigenvalue weighted by Crippen LogP contribution is 2.47. The zero-order valence-corrected chi connectivity index (χ0v) is 18.4. The summed E-state index contributed by atoms with van der Waals surface area (Å²) >= 11 is 6.29. The van der Waals surface area contributed by atoms with Crippen molar-refractivity contribution in [1.82, 2.24) is 4.98 Å². The molecule has 0 fully saturated rings. The summed E-state index contributed by atoms with van der Waals surface area (Å²) in [5.41, 5.74) is 12.2. The van der Waals surface area contributed by atoms with Gasteiger partial charge in [0.05, 0.1) is 5.52 Å². The number of unbranched alkanes of at least 4 members (excludes halogenated alkanes) is 5. The highest BCUT2D eigenvalue weighted by Gasteiger charge is 2.33. The Balaban J connectivity index is 1.53. The van der Waals surface area contributed by atoms with E-state index in [-0.39, 0.29) is 0 Å². The first-order valence-electron chi connectivity index (χ1n) is 11.4. The maximum Gasteiger partial charge on any atom is 0.0741 e. The van der Waals surface area contributed by atoms with Crippen LogP contribution in [-0.2, 0) is 6.42 Å². The van der Waals surface area contributed by atoms with Gasteiger partial charge in [0.25, 0.3) is 0 Å². The maximum atomic E-state index is 6.29. The molecule has 3 N–H and O–H groups in total. The number of benzene rings is 1. The van der Waals surface area contributed by atoms with Crippen LogP contribution in [0.5, 0.6) is 0 Å². The predicted molar refractivity (Wildman–Crippen MR) is 125 cm³/mol. The van der Waals surface area contributed by atoms with Crippen LogP contribution in [0.4, 0.5) is 5.69 Å². The van der Waals surface area contributed by atoms with E-state index in [1.165, 1.54) is 72.8 Å². The summed E-state index contributed by atoms with van der Waals surface area (Å²) in [6.45, 7) is 4.13. The van der Waals surface area contributed by atoms with Gasteiger partial charge in [0.15, 0.2) is 0 Å². The predicted octanol–water partition coefficient (Wildman–Crippen LogP) is 6.60. The molecular formula is C25H34ClN3. The fourth-order valence-electron chi connectivity index (χ4n) is 5.27. The van der Waals surface area contributed by atoms with Crippen LogP contribution in [0.1, 0.15) is 75.5 Å². The Bertz CT molecular complexity index is 889. The first-order valence-corrected chi connectivity index (χ1v) is 11.8. The molecule has 0 saturated carbocycles. The van der Waals surface area contributed by atoms with Crippen molar-refractivity contribution in [1.29, 1.82) is 0 Å². The molecule has 0 saturated heterocycles. The third-order valence-corrected chi connectivity index (χ3v) is 6.77. The number of halogens is 1. The number of nitrogens with two attached hydrogens (primary N) is 1. The van der Waals surface area contributed by atoms with E-state index in [2.05, 4.69) is 24.4 Å². The van der Waals surface area contributed by atoms with Gasteiger partial charge < -0.3 is 11.1 Å². The van der Waals surface area contributed by atoms with Gasteiger partial charge in [-0.3, -0.25) is 4.98 Å². The number of anilines is 1. The largest absolute Gasteiger partial charge is 0.384 e. The number of hydrogen-bond donors (Lipinski definition) is 2. The van der Waals surface area contributed by atoms with E-state index in [1.54, 1.807) is 0 Å². The Morgan fingerprint density at radius 3 is 2.72 bits per heavy atom. The van der Waals surface area contributed by atoms with E-state index in [4.69, 9.17) is 22.3 Å². The van der Waals surface area contributed by atoms with Crippen LogP contribution >= 0.6 is 11.6 Å². The van der Waals surface area contributed by atoms with Crippen molar-refractivity contribution in [3.8, 4) is 0 Å². The van der Waals surface area contributed by atoms with Crippen molar-refractivity contribution < 1.29 is 0 Å². The Labute approximate surface area is 180 Å². The van der Waals surface area contributed by atoms with Gasteiger partial charge in [0.2, 0.25) is 0 Å². The summed E-state index contributed by atoms with van der Waals surface area (Å²) in [6.07, 6.45) is 13.5. The van der Waals surface area contributed by atoms with Gasteiger partial charge in [-0.15, -0.1) is 0 Å². The van der Waals surface area contributed by atoms with Gasteiger partial charge in [-0.05, 0) is 75.6 Å². The zero-order valence-electron chi connectivity index (χ0n) is 17.6. The van der Waals surface area contributed by atoms with Crippen LogP contribution in [0.3, 0.4) is 0 Å². The monoisotopic (exact) mass is 411 g/mol. The molecule has 2 aromatic rings. The number of fused-ring (bicyclic) bond motifs is 5. The number of pyridine rings is 1. The molecule has 2 aliphatic rings. The van der Waals surface area contributed by atoms with E-state index in [1.807, 2.05) is 12.1 Å². The Morgan fingerprint density at radius 2 is 1.90 bits per heavy atom. The number of allylic oxidation sites excluding steroid dienone is 2. The second-order valence-electron chi connectivity index (χ2n) is 8.96. The second kappa shape index (κ2) is 9.49. The van der Waals surface area contributed by atoms with Gasteiger partial charge in [0, 0.05) is 33.9 Å². The zero-order chi connectivity index (χ0) is 20.2. The van der Waals surface area contributed by atoms with Crippen LogP contribution in [0, 0.1) is 5.92 Å². The average molecular weight is 412 g/mol. The molecule has 2 unspecified atom stereocenters. The van der Waals surface area contributed by atoms with E-state index in [0.29, 0.717) is 11.8 Å². The minimum absolute atomic E-state index is 0.597. The normalized spacial score (nSPS) is 20.4. The third kappa shape index (κ3) is 4.78. The number of hydrogen-bond acceptors (Lipinski definition) is 3. The molecule has 1 heterocycles. The summed E-state index contributed by atoms with van der Waals surface area (Å²) in [5.74, 6) is 1.24. The molecule has 0 aliphatic heterocycles. The van der Waals surface area contributed by atoms with Crippen LogP contribution in [0.2, 0.25) is 5.02 Å². The Hall–Kier alpha value is -1.58. The number of rotatable bonds is 9. The smallest absolute Gasteiger partial charge is 0.0741 e. The lowest BCUT2D eigenvalue weighted by molar-refractivity contribution is 0.433. The van der Waals surface area contributed by atoms with Crippen LogP contribution in [-0.4, -0.2) is 18.1 Å². The molecule has 4 heteroatoms. The minimum atomic E-state index is 0.597. The molecule has 0 spiro atoms. The van der Waals surface area contributed by atoms with Crippen molar-refractivity contribution in [2.45, 2.75) is 70.6 Å². The number of aromatic nitrogens is 1. The molecule has 29 heavy (non-hydrogen) atoms.